The Hall–Kier alpha value is -1.65. The number of methoxy groups -OCH3 is 1. The minimum Gasteiger partial charge on any atom is -0.466 e. The summed E-state index contributed by atoms with van der Waals surface area (Å²) in [5.74, 6) is -0.374. The Morgan fingerprint density at radius 1 is 1.39 bits per heavy atom. The molecule has 1 aliphatic heterocycles. The predicted molar refractivity (Wildman–Crippen MR) is 65.8 cm³/mol. The average Bonchev–Trinajstić information content (AvgIpc) is 2.46. The lowest BCUT2D eigenvalue weighted by Gasteiger charge is -2.28. The maximum absolute atomic E-state index is 11.0. The SMILES string of the molecule is COC(=O)/C=C\[C@@H]1CCO[C@H](c2ccccc2)O1. The van der Waals surface area contributed by atoms with Crippen molar-refractivity contribution >= 4 is 5.97 Å². The smallest absolute Gasteiger partial charge is 0.330 e. The zero-order valence-corrected chi connectivity index (χ0v) is 10.2. The van der Waals surface area contributed by atoms with E-state index < -0.39 is 0 Å². The molecule has 2 atom stereocenters. The van der Waals surface area contributed by atoms with Crippen LogP contribution in [-0.2, 0) is 19.0 Å². The maximum atomic E-state index is 11.0. The minimum absolute atomic E-state index is 0.122. The van der Waals surface area contributed by atoms with Crippen molar-refractivity contribution in [2.24, 2.45) is 0 Å². The van der Waals surface area contributed by atoms with E-state index >= 15 is 0 Å². The molecule has 4 nitrogen and oxygen atoms in total. The van der Waals surface area contributed by atoms with E-state index in [4.69, 9.17) is 9.47 Å². The Bertz CT molecular complexity index is 413. The van der Waals surface area contributed by atoms with Crippen molar-refractivity contribution in [2.75, 3.05) is 13.7 Å². The van der Waals surface area contributed by atoms with E-state index in [9.17, 15) is 4.79 Å². The summed E-state index contributed by atoms with van der Waals surface area (Å²) >= 11 is 0. The van der Waals surface area contributed by atoms with Crippen LogP contribution in [0.3, 0.4) is 0 Å². The van der Waals surface area contributed by atoms with Crippen LogP contribution in [0.15, 0.2) is 42.5 Å². The molecule has 1 aromatic carbocycles. The summed E-state index contributed by atoms with van der Waals surface area (Å²) in [7, 11) is 1.35. The van der Waals surface area contributed by atoms with Crippen LogP contribution in [-0.4, -0.2) is 25.8 Å². The van der Waals surface area contributed by atoms with Crippen molar-refractivity contribution in [3.8, 4) is 0 Å². The fraction of sp³-hybridized carbons (Fsp3) is 0.357. The van der Waals surface area contributed by atoms with Gasteiger partial charge in [0.15, 0.2) is 6.29 Å². The Morgan fingerprint density at radius 2 is 2.17 bits per heavy atom. The zero-order chi connectivity index (χ0) is 12.8. The second kappa shape index (κ2) is 6.33. The Morgan fingerprint density at radius 3 is 2.89 bits per heavy atom. The summed E-state index contributed by atoms with van der Waals surface area (Å²) in [5, 5.41) is 0. The van der Waals surface area contributed by atoms with E-state index in [0.717, 1.165) is 12.0 Å². The van der Waals surface area contributed by atoms with E-state index in [1.165, 1.54) is 13.2 Å². The highest BCUT2D eigenvalue weighted by molar-refractivity contribution is 5.81. The van der Waals surface area contributed by atoms with Gasteiger partial charge in [0.1, 0.15) is 0 Å². The number of hydrogen-bond donors (Lipinski definition) is 0. The van der Waals surface area contributed by atoms with Gasteiger partial charge in [-0.2, -0.15) is 0 Å². The van der Waals surface area contributed by atoms with Crippen LogP contribution in [0.4, 0.5) is 0 Å². The molecule has 1 heterocycles. The molecule has 0 unspecified atom stereocenters. The highest BCUT2D eigenvalue weighted by atomic mass is 16.7. The fourth-order valence-electron chi connectivity index (χ4n) is 1.74. The van der Waals surface area contributed by atoms with E-state index in [1.54, 1.807) is 6.08 Å². The highest BCUT2D eigenvalue weighted by Crippen LogP contribution is 2.26. The minimum atomic E-state index is -0.374. The second-order valence-electron chi connectivity index (χ2n) is 3.96. The Kier molecular flexibility index (Phi) is 4.50. The van der Waals surface area contributed by atoms with Gasteiger partial charge in [0.2, 0.25) is 0 Å². The monoisotopic (exact) mass is 248 g/mol. The fourth-order valence-corrected chi connectivity index (χ4v) is 1.74. The van der Waals surface area contributed by atoms with Crippen molar-refractivity contribution in [1.29, 1.82) is 0 Å². The van der Waals surface area contributed by atoms with Crippen molar-refractivity contribution < 1.29 is 19.0 Å². The normalized spacial score (nSPS) is 24.1. The molecule has 0 bridgehead atoms. The number of benzene rings is 1. The van der Waals surface area contributed by atoms with Crippen molar-refractivity contribution in [3.05, 3.63) is 48.0 Å². The van der Waals surface area contributed by atoms with Crippen molar-refractivity contribution in [3.63, 3.8) is 0 Å². The van der Waals surface area contributed by atoms with Gasteiger partial charge < -0.3 is 14.2 Å². The third-order valence-corrected chi connectivity index (χ3v) is 2.69. The Balaban J connectivity index is 1.97. The maximum Gasteiger partial charge on any atom is 0.330 e. The number of carbonyl (C=O) groups excluding carboxylic acids is 1. The number of rotatable bonds is 3. The zero-order valence-electron chi connectivity index (χ0n) is 10.2. The van der Waals surface area contributed by atoms with Crippen LogP contribution < -0.4 is 0 Å². The summed E-state index contributed by atoms with van der Waals surface area (Å²) in [6, 6.07) is 9.74. The largest absolute Gasteiger partial charge is 0.466 e. The third-order valence-electron chi connectivity index (χ3n) is 2.69. The summed E-state index contributed by atoms with van der Waals surface area (Å²) in [5.41, 5.74) is 0.980. The van der Waals surface area contributed by atoms with Crippen molar-refractivity contribution in [2.45, 2.75) is 18.8 Å². The predicted octanol–water partition coefficient (Wildman–Crippen LogP) is 2.22. The Labute approximate surface area is 106 Å². The van der Waals surface area contributed by atoms with E-state index in [-0.39, 0.29) is 18.4 Å². The molecular formula is C14H16O4. The van der Waals surface area contributed by atoms with E-state index in [2.05, 4.69) is 4.74 Å². The molecule has 0 aliphatic carbocycles. The first kappa shape index (κ1) is 12.8. The molecule has 4 heteroatoms. The lowest BCUT2D eigenvalue weighted by Crippen LogP contribution is -2.25. The van der Waals surface area contributed by atoms with E-state index in [0.29, 0.717) is 6.61 Å². The van der Waals surface area contributed by atoms with Crippen LogP contribution in [0.25, 0.3) is 0 Å². The summed E-state index contributed by atoms with van der Waals surface area (Å²) in [4.78, 5) is 11.0. The van der Waals surface area contributed by atoms with Gasteiger partial charge in [0.05, 0.1) is 19.8 Å². The van der Waals surface area contributed by atoms with Gasteiger partial charge in [-0.3, -0.25) is 0 Å². The summed E-state index contributed by atoms with van der Waals surface area (Å²) in [6.07, 6.45) is 3.34. The summed E-state index contributed by atoms with van der Waals surface area (Å²) in [6.45, 7) is 0.607. The van der Waals surface area contributed by atoms with Gasteiger partial charge in [-0.15, -0.1) is 0 Å². The molecule has 18 heavy (non-hydrogen) atoms. The molecule has 2 rings (SSSR count). The number of hydrogen-bond acceptors (Lipinski definition) is 4. The van der Waals surface area contributed by atoms with Gasteiger partial charge in [0, 0.05) is 18.1 Å². The molecule has 0 N–H and O–H groups in total. The van der Waals surface area contributed by atoms with Crippen LogP contribution in [0, 0.1) is 0 Å². The molecule has 1 aliphatic rings. The number of esters is 1. The highest BCUT2D eigenvalue weighted by Gasteiger charge is 2.22. The van der Waals surface area contributed by atoms with Crippen LogP contribution in [0.1, 0.15) is 18.3 Å². The van der Waals surface area contributed by atoms with Crippen LogP contribution in [0.2, 0.25) is 0 Å². The first-order valence-corrected chi connectivity index (χ1v) is 5.88. The third kappa shape index (κ3) is 3.42. The van der Waals surface area contributed by atoms with Gasteiger partial charge in [0.25, 0.3) is 0 Å². The molecule has 0 radical (unpaired) electrons. The summed E-state index contributed by atoms with van der Waals surface area (Å²) < 4.78 is 15.8. The molecule has 0 spiro atoms. The number of ether oxygens (including phenoxy) is 3. The average molecular weight is 248 g/mol. The molecule has 0 aromatic heterocycles. The molecule has 1 aromatic rings. The van der Waals surface area contributed by atoms with Gasteiger partial charge in [-0.1, -0.05) is 30.3 Å². The lowest BCUT2D eigenvalue weighted by atomic mass is 10.1. The standard InChI is InChI=1S/C14H16O4/c1-16-13(15)8-7-12-9-10-17-14(18-12)11-5-3-2-4-6-11/h2-8,12,14H,9-10H2,1H3/b8-7-/t12-,14+/m1/s1. The van der Waals surface area contributed by atoms with Crippen LogP contribution >= 0.6 is 0 Å². The molecule has 96 valence electrons. The van der Waals surface area contributed by atoms with Crippen LogP contribution in [0.5, 0.6) is 0 Å². The quantitative estimate of drug-likeness (QED) is 0.607. The molecule has 0 amide bonds. The topological polar surface area (TPSA) is 44.8 Å². The molecule has 0 saturated carbocycles. The first-order chi connectivity index (χ1) is 8.79. The lowest BCUT2D eigenvalue weighted by molar-refractivity contribution is -0.204. The molecular weight excluding hydrogens is 232 g/mol. The second-order valence-corrected chi connectivity index (χ2v) is 3.96. The first-order valence-electron chi connectivity index (χ1n) is 5.88. The van der Waals surface area contributed by atoms with Gasteiger partial charge in [-0.05, 0) is 6.08 Å². The van der Waals surface area contributed by atoms with Gasteiger partial charge in [-0.25, -0.2) is 4.79 Å². The van der Waals surface area contributed by atoms with E-state index in [1.807, 2.05) is 30.3 Å². The number of carbonyl (C=O) groups is 1. The van der Waals surface area contributed by atoms with Crippen molar-refractivity contribution in [1.82, 2.24) is 0 Å². The van der Waals surface area contributed by atoms with Gasteiger partial charge >= 0.3 is 5.97 Å². The molecule has 1 saturated heterocycles. The molecule has 1 fully saturated rings.